The van der Waals surface area contributed by atoms with Gasteiger partial charge in [0.05, 0.1) is 0 Å². The molecule has 2 aromatic rings. The number of carboxylic acids is 1. The van der Waals surface area contributed by atoms with Crippen LogP contribution in [0.25, 0.3) is 11.1 Å². The first-order valence-electron chi connectivity index (χ1n) is 11.6. The maximum absolute atomic E-state index is 12.5. The highest BCUT2D eigenvalue weighted by atomic mass is 16.5. The zero-order valence-electron chi connectivity index (χ0n) is 18.8. The van der Waals surface area contributed by atoms with Crippen molar-refractivity contribution in [1.29, 1.82) is 0 Å². The second-order valence-electron chi connectivity index (χ2n) is 8.92. The molecule has 0 heterocycles. The van der Waals surface area contributed by atoms with Crippen molar-refractivity contribution in [3.63, 3.8) is 0 Å². The molecular formula is C26H30N2O5. The fourth-order valence-corrected chi connectivity index (χ4v) is 4.49. The summed E-state index contributed by atoms with van der Waals surface area (Å²) in [5, 5.41) is 14.7. The number of carbonyl (C=O) groups excluding carboxylic acids is 2. The molecule has 2 aliphatic carbocycles. The van der Waals surface area contributed by atoms with Gasteiger partial charge >= 0.3 is 12.1 Å². The first kappa shape index (κ1) is 22.8. The molecule has 2 amide bonds. The summed E-state index contributed by atoms with van der Waals surface area (Å²) in [6.07, 6.45) is 2.44. The Morgan fingerprint density at radius 1 is 1.00 bits per heavy atom. The van der Waals surface area contributed by atoms with Crippen LogP contribution in [0.15, 0.2) is 48.5 Å². The molecule has 0 unspecified atom stereocenters. The average molecular weight is 451 g/mol. The van der Waals surface area contributed by atoms with E-state index in [9.17, 15) is 19.5 Å². The van der Waals surface area contributed by atoms with E-state index in [0.29, 0.717) is 18.8 Å². The van der Waals surface area contributed by atoms with Gasteiger partial charge in [-0.15, -0.1) is 0 Å². The second kappa shape index (κ2) is 10.1. The van der Waals surface area contributed by atoms with Gasteiger partial charge in [-0.1, -0.05) is 68.3 Å². The van der Waals surface area contributed by atoms with Crippen molar-refractivity contribution in [2.24, 2.45) is 5.92 Å². The van der Waals surface area contributed by atoms with E-state index in [0.717, 1.165) is 35.1 Å². The molecule has 0 aliphatic heterocycles. The SMILES string of the molecule is CC[C@H](CC(=O)N[C@@H](CC1CC1)C(=O)O)NC(=O)OCC1c2ccccc2-c2ccccc21. The lowest BCUT2D eigenvalue weighted by Crippen LogP contribution is -2.45. The smallest absolute Gasteiger partial charge is 0.407 e. The molecule has 7 nitrogen and oxygen atoms in total. The number of amides is 2. The standard InChI is InChI=1S/C26H30N2O5/c1-2-17(14-24(29)28-23(25(30)31)13-16-11-12-16)27-26(32)33-15-22-20-9-5-3-7-18(20)19-8-4-6-10-21(19)22/h3-10,16-17,22-23H,2,11-15H2,1H3,(H,27,32)(H,28,29)(H,30,31)/t17-,23+/m1/s1. The summed E-state index contributed by atoms with van der Waals surface area (Å²) < 4.78 is 5.56. The van der Waals surface area contributed by atoms with Crippen molar-refractivity contribution in [3.05, 3.63) is 59.7 Å². The van der Waals surface area contributed by atoms with Crippen LogP contribution in [0.5, 0.6) is 0 Å². The predicted molar refractivity (Wildman–Crippen MR) is 124 cm³/mol. The van der Waals surface area contributed by atoms with Crippen molar-refractivity contribution in [3.8, 4) is 11.1 Å². The second-order valence-corrected chi connectivity index (χ2v) is 8.92. The molecule has 2 aliphatic rings. The van der Waals surface area contributed by atoms with E-state index in [-0.39, 0.29) is 24.9 Å². The van der Waals surface area contributed by atoms with Crippen LogP contribution in [-0.2, 0) is 14.3 Å². The van der Waals surface area contributed by atoms with Gasteiger partial charge in [0.25, 0.3) is 0 Å². The molecule has 0 saturated heterocycles. The predicted octanol–water partition coefficient (Wildman–Crippen LogP) is 4.06. The van der Waals surface area contributed by atoms with Gasteiger partial charge in [-0.3, -0.25) is 4.79 Å². The zero-order chi connectivity index (χ0) is 23.4. The minimum atomic E-state index is -1.02. The number of nitrogens with one attached hydrogen (secondary N) is 2. The molecule has 0 radical (unpaired) electrons. The molecule has 0 aromatic heterocycles. The van der Waals surface area contributed by atoms with Gasteiger partial charge in [-0.2, -0.15) is 0 Å². The van der Waals surface area contributed by atoms with Crippen molar-refractivity contribution in [2.45, 2.75) is 57.0 Å². The number of fused-ring (bicyclic) bond motifs is 3. The average Bonchev–Trinajstić information content (AvgIpc) is 3.57. The Hall–Kier alpha value is -3.35. The van der Waals surface area contributed by atoms with Crippen molar-refractivity contribution >= 4 is 18.0 Å². The molecular weight excluding hydrogens is 420 g/mol. The third kappa shape index (κ3) is 5.53. The quantitative estimate of drug-likeness (QED) is 0.506. The number of carbonyl (C=O) groups is 3. The normalized spacial score (nSPS) is 16.3. The third-order valence-electron chi connectivity index (χ3n) is 6.49. The molecule has 7 heteroatoms. The monoisotopic (exact) mass is 450 g/mol. The van der Waals surface area contributed by atoms with Crippen LogP contribution in [-0.4, -0.2) is 41.8 Å². The van der Waals surface area contributed by atoms with Crippen LogP contribution < -0.4 is 10.6 Å². The van der Waals surface area contributed by atoms with Crippen LogP contribution in [0.1, 0.15) is 56.1 Å². The Labute approximate surface area is 193 Å². The molecule has 0 bridgehead atoms. The maximum atomic E-state index is 12.5. The Kier molecular flexibility index (Phi) is 6.96. The summed E-state index contributed by atoms with van der Waals surface area (Å²) in [4.78, 5) is 36.3. The van der Waals surface area contributed by atoms with Crippen LogP contribution in [0.3, 0.4) is 0 Å². The van der Waals surface area contributed by atoms with Crippen LogP contribution >= 0.6 is 0 Å². The molecule has 2 atom stereocenters. The molecule has 4 rings (SSSR count). The fraction of sp³-hybridized carbons (Fsp3) is 0.423. The molecule has 0 spiro atoms. The van der Waals surface area contributed by atoms with E-state index in [1.54, 1.807) is 0 Å². The van der Waals surface area contributed by atoms with Crippen LogP contribution in [0.2, 0.25) is 0 Å². The van der Waals surface area contributed by atoms with E-state index >= 15 is 0 Å². The number of aliphatic carboxylic acids is 1. The summed E-state index contributed by atoms with van der Waals surface area (Å²) in [6, 6.07) is 14.9. The Balaban J connectivity index is 1.30. The van der Waals surface area contributed by atoms with Crippen molar-refractivity contribution < 1.29 is 24.2 Å². The lowest BCUT2D eigenvalue weighted by Gasteiger charge is -2.20. The first-order chi connectivity index (χ1) is 16.0. The fourth-order valence-electron chi connectivity index (χ4n) is 4.49. The van der Waals surface area contributed by atoms with E-state index in [1.165, 1.54) is 0 Å². The molecule has 2 aromatic carbocycles. The van der Waals surface area contributed by atoms with Gasteiger partial charge in [-0.25, -0.2) is 9.59 Å². The summed E-state index contributed by atoms with van der Waals surface area (Å²) in [7, 11) is 0. The Morgan fingerprint density at radius 3 is 2.15 bits per heavy atom. The highest BCUT2D eigenvalue weighted by Gasteiger charge is 2.31. The van der Waals surface area contributed by atoms with E-state index in [2.05, 4.69) is 34.9 Å². The van der Waals surface area contributed by atoms with E-state index in [1.807, 2.05) is 31.2 Å². The summed E-state index contributed by atoms with van der Waals surface area (Å²) in [5.41, 5.74) is 4.58. The van der Waals surface area contributed by atoms with E-state index < -0.39 is 24.1 Å². The number of carboxylic acid groups (broad SMARTS) is 1. The number of ether oxygens (including phenoxy) is 1. The lowest BCUT2D eigenvalue weighted by atomic mass is 9.98. The topological polar surface area (TPSA) is 105 Å². The highest BCUT2D eigenvalue weighted by molar-refractivity contribution is 5.84. The molecule has 3 N–H and O–H groups in total. The summed E-state index contributed by atoms with van der Waals surface area (Å²) in [6.45, 7) is 2.06. The van der Waals surface area contributed by atoms with Gasteiger partial charge in [0.1, 0.15) is 12.6 Å². The van der Waals surface area contributed by atoms with Crippen LogP contribution in [0.4, 0.5) is 4.79 Å². The zero-order valence-corrected chi connectivity index (χ0v) is 18.8. The maximum Gasteiger partial charge on any atom is 0.407 e. The van der Waals surface area contributed by atoms with Crippen LogP contribution in [0, 0.1) is 5.92 Å². The lowest BCUT2D eigenvalue weighted by molar-refractivity contribution is -0.142. The van der Waals surface area contributed by atoms with Crippen molar-refractivity contribution in [2.75, 3.05) is 6.61 Å². The number of benzene rings is 2. The van der Waals surface area contributed by atoms with Gasteiger partial charge < -0.3 is 20.5 Å². The number of hydrogen-bond acceptors (Lipinski definition) is 4. The largest absolute Gasteiger partial charge is 0.480 e. The molecule has 33 heavy (non-hydrogen) atoms. The minimum absolute atomic E-state index is 0.00907. The third-order valence-corrected chi connectivity index (χ3v) is 6.49. The Morgan fingerprint density at radius 2 is 1.61 bits per heavy atom. The molecule has 1 saturated carbocycles. The number of rotatable bonds is 10. The van der Waals surface area contributed by atoms with E-state index in [4.69, 9.17) is 4.74 Å². The first-order valence-corrected chi connectivity index (χ1v) is 11.6. The number of alkyl carbamates (subject to hydrolysis) is 1. The number of hydrogen-bond donors (Lipinski definition) is 3. The van der Waals surface area contributed by atoms with Gasteiger partial charge in [0, 0.05) is 18.4 Å². The minimum Gasteiger partial charge on any atom is -0.480 e. The highest BCUT2D eigenvalue weighted by Crippen LogP contribution is 2.44. The summed E-state index contributed by atoms with van der Waals surface area (Å²) in [5.74, 6) is -1.06. The van der Waals surface area contributed by atoms with Gasteiger partial charge in [-0.05, 0) is 41.0 Å². The summed E-state index contributed by atoms with van der Waals surface area (Å²) >= 11 is 0. The van der Waals surface area contributed by atoms with Crippen molar-refractivity contribution in [1.82, 2.24) is 10.6 Å². The molecule has 1 fully saturated rings. The van der Waals surface area contributed by atoms with Gasteiger partial charge in [0.15, 0.2) is 0 Å². The molecule has 174 valence electrons. The Bertz CT molecular complexity index is 987. The van der Waals surface area contributed by atoms with Gasteiger partial charge in [0.2, 0.25) is 5.91 Å².